The minimum absolute atomic E-state index is 0.0592. The number of benzene rings is 2. The van der Waals surface area contributed by atoms with Crippen LogP contribution < -0.4 is 16.4 Å². The van der Waals surface area contributed by atoms with E-state index in [0.717, 1.165) is 0 Å². The molecule has 0 aliphatic rings. The molecule has 2 aromatic carbocycles. The molecule has 2 heterocycles. The van der Waals surface area contributed by atoms with Gasteiger partial charge in [-0.2, -0.15) is 5.10 Å². The Kier molecular flexibility index (Phi) is 8.87. The Balaban J connectivity index is 1.50. The zero-order valence-electron chi connectivity index (χ0n) is 22.1. The molecule has 0 saturated heterocycles. The number of primary amides is 1. The lowest BCUT2D eigenvalue weighted by atomic mass is 10.1. The fourth-order valence-corrected chi connectivity index (χ4v) is 4.25. The van der Waals surface area contributed by atoms with Crippen molar-refractivity contribution in [2.45, 2.75) is 33.0 Å². The molecule has 4 amide bonds. The quantitative estimate of drug-likeness (QED) is 0.259. The molecular weight excluding hydrogens is 555 g/mol. The molecule has 4 N–H and O–H groups in total. The molecule has 0 spiro atoms. The smallest absolute Gasteiger partial charge is 0.269 e. The fourth-order valence-electron chi connectivity index (χ4n) is 4.06. The van der Waals surface area contributed by atoms with E-state index in [1.54, 1.807) is 26.0 Å². The maximum atomic E-state index is 14.1. The van der Waals surface area contributed by atoms with Crippen LogP contribution in [0.25, 0.3) is 10.9 Å². The number of nitrogens with one attached hydrogen (secondary N) is 2. The molecule has 0 bridgehead atoms. The van der Waals surface area contributed by atoms with E-state index in [1.807, 2.05) is 0 Å². The molecule has 0 aliphatic heterocycles. The summed E-state index contributed by atoms with van der Waals surface area (Å²) in [6.07, 6.45) is 4.18. The first-order chi connectivity index (χ1) is 19.5. The van der Waals surface area contributed by atoms with Crippen molar-refractivity contribution < 1.29 is 23.6 Å². The number of anilines is 1. The van der Waals surface area contributed by atoms with Gasteiger partial charge in [-0.25, -0.2) is 14.4 Å². The van der Waals surface area contributed by atoms with E-state index >= 15 is 0 Å². The van der Waals surface area contributed by atoms with Gasteiger partial charge in [0.05, 0.1) is 35.2 Å². The Bertz CT molecular complexity index is 1630. The summed E-state index contributed by atoms with van der Waals surface area (Å²) < 4.78 is 15.4. The number of halogens is 2. The summed E-state index contributed by atoms with van der Waals surface area (Å²) in [5.41, 5.74) is 6.60. The second kappa shape index (κ2) is 12.5. The number of nitrogens with zero attached hydrogens (tertiary/aromatic N) is 5. The Morgan fingerprint density at radius 3 is 2.54 bits per heavy atom. The van der Waals surface area contributed by atoms with E-state index in [-0.39, 0.29) is 52.9 Å². The second-order valence-electron chi connectivity index (χ2n) is 9.29. The number of carbonyl (C=O) groups excluding carboxylic acids is 4. The minimum atomic E-state index is -0.844. The number of rotatable bonds is 10. The number of nitrogens with two attached hydrogens (primary N) is 1. The highest BCUT2D eigenvalue weighted by molar-refractivity contribution is 6.30. The van der Waals surface area contributed by atoms with Crippen LogP contribution in [0.15, 0.2) is 55.1 Å². The van der Waals surface area contributed by atoms with Crippen LogP contribution in [0.1, 0.15) is 40.3 Å². The van der Waals surface area contributed by atoms with Crippen LogP contribution in [0.3, 0.4) is 0 Å². The van der Waals surface area contributed by atoms with Crippen molar-refractivity contribution in [2.24, 2.45) is 5.73 Å². The highest BCUT2D eigenvalue weighted by atomic mass is 35.5. The third-order valence-electron chi connectivity index (χ3n) is 6.11. The molecule has 0 atom stereocenters. The molecule has 12 nitrogen and oxygen atoms in total. The molecule has 0 aliphatic carbocycles. The largest absolute Gasteiger partial charge is 0.364 e. The average molecular weight is 581 g/mol. The van der Waals surface area contributed by atoms with Crippen molar-refractivity contribution in [3.63, 3.8) is 0 Å². The fraction of sp³-hybridized carbons (Fsp3) is 0.222. The van der Waals surface area contributed by atoms with Gasteiger partial charge in [0.2, 0.25) is 11.8 Å². The van der Waals surface area contributed by atoms with Gasteiger partial charge in [-0.05, 0) is 38.1 Å². The number of hydrogen-bond acceptors (Lipinski definition) is 7. The van der Waals surface area contributed by atoms with Crippen LogP contribution in [-0.2, 0) is 22.7 Å². The third-order valence-corrected chi connectivity index (χ3v) is 6.41. The Morgan fingerprint density at radius 1 is 1.12 bits per heavy atom. The Labute approximate surface area is 238 Å². The predicted molar refractivity (Wildman–Crippen MR) is 148 cm³/mol. The van der Waals surface area contributed by atoms with E-state index in [1.165, 1.54) is 52.6 Å². The second-order valence-corrected chi connectivity index (χ2v) is 9.70. The van der Waals surface area contributed by atoms with Gasteiger partial charge >= 0.3 is 0 Å². The van der Waals surface area contributed by atoms with Crippen LogP contribution in [0.2, 0.25) is 5.02 Å². The predicted octanol–water partition coefficient (Wildman–Crippen LogP) is 2.52. The lowest BCUT2D eigenvalue weighted by molar-refractivity contribution is -0.138. The highest BCUT2D eigenvalue weighted by Gasteiger charge is 2.24. The van der Waals surface area contributed by atoms with Crippen molar-refractivity contribution in [1.29, 1.82) is 0 Å². The number of fused-ring (bicyclic) bond motifs is 1. The van der Waals surface area contributed by atoms with Crippen LogP contribution in [-0.4, -0.2) is 60.9 Å². The molecule has 2 aromatic heterocycles. The maximum absolute atomic E-state index is 14.1. The van der Waals surface area contributed by atoms with Crippen molar-refractivity contribution >= 4 is 51.8 Å². The molecule has 14 heteroatoms. The lowest BCUT2D eigenvalue weighted by Crippen LogP contribution is -2.45. The zero-order valence-corrected chi connectivity index (χ0v) is 22.9. The van der Waals surface area contributed by atoms with E-state index < -0.39 is 29.4 Å². The van der Waals surface area contributed by atoms with Gasteiger partial charge in [0.25, 0.3) is 11.8 Å². The van der Waals surface area contributed by atoms with Crippen molar-refractivity contribution in [3.05, 3.63) is 82.8 Å². The lowest BCUT2D eigenvalue weighted by Gasteiger charge is -2.26. The van der Waals surface area contributed by atoms with E-state index in [9.17, 15) is 23.6 Å². The summed E-state index contributed by atoms with van der Waals surface area (Å²) in [5, 5.41) is 9.68. The van der Waals surface area contributed by atoms with Gasteiger partial charge in [0, 0.05) is 29.1 Å². The molecule has 0 saturated carbocycles. The number of amides is 4. The molecule has 212 valence electrons. The standard InChI is InChI=1S/C27H26ClFN8O4/c1-15(2)36(12-22(38)33-9-17-4-3-5-20(28)24(17)29)23(39)13-37-21-7-6-16(8-19(21)25(35-37)26(30)40)27(41)34-18-10-31-14-32-11-18/h3-8,10-11,14-15H,9,12-13H2,1-2H3,(H2,30,40)(H,33,38)(H,34,41). The summed E-state index contributed by atoms with van der Waals surface area (Å²) in [6, 6.07) is 8.61. The van der Waals surface area contributed by atoms with Gasteiger partial charge in [-0.15, -0.1) is 0 Å². The van der Waals surface area contributed by atoms with Crippen molar-refractivity contribution in [1.82, 2.24) is 30.0 Å². The van der Waals surface area contributed by atoms with E-state index in [4.69, 9.17) is 17.3 Å². The first-order valence-corrected chi connectivity index (χ1v) is 12.8. The first kappa shape index (κ1) is 29.1. The molecule has 4 aromatic rings. The summed E-state index contributed by atoms with van der Waals surface area (Å²) in [7, 11) is 0. The van der Waals surface area contributed by atoms with Gasteiger partial charge in [-0.3, -0.25) is 23.9 Å². The van der Waals surface area contributed by atoms with Gasteiger partial charge in [0.1, 0.15) is 18.7 Å². The minimum Gasteiger partial charge on any atom is -0.364 e. The van der Waals surface area contributed by atoms with Crippen LogP contribution in [0, 0.1) is 5.82 Å². The van der Waals surface area contributed by atoms with Crippen molar-refractivity contribution in [3.8, 4) is 0 Å². The summed E-state index contributed by atoms with van der Waals surface area (Å²) >= 11 is 5.79. The Morgan fingerprint density at radius 2 is 1.85 bits per heavy atom. The van der Waals surface area contributed by atoms with Gasteiger partial charge in [-0.1, -0.05) is 23.7 Å². The molecule has 0 unspecified atom stereocenters. The number of hydrogen-bond donors (Lipinski definition) is 3. The molecule has 0 fully saturated rings. The van der Waals surface area contributed by atoms with Gasteiger partial charge in [0.15, 0.2) is 5.69 Å². The first-order valence-electron chi connectivity index (χ1n) is 12.4. The van der Waals surface area contributed by atoms with Crippen LogP contribution in [0.5, 0.6) is 0 Å². The monoisotopic (exact) mass is 580 g/mol. The summed E-state index contributed by atoms with van der Waals surface area (Å²) in [6.45, 7) is 2.75. The summed E-state index contributed by atoms with van der Waals surface area (Å²) in [4.78, 5) is 59.8. The highest BCUT2D eigenvalue weighted by Crippen LogP contribution is 2.22. The van der Waals surface area contributed by atoms with Crippen LogP contribution >= 0.6 is 11.6 Å². The molecular formula is C27H26ClFN8O4. The molecule has 0 radical (unpaired) electrons. The van der Waals surface area contributed by atoms with Crippen LogP contribution in [0.4, 0.5) is 10.1 Å². The third kappa shape index (κ3) is 6.81. The number of carbonyl (C=O) groups is 4. The normalized spacial score (nSPS) is 11.0. The molecule has 41 heavy (non-hydrogen) atoms. The van der Waals surface area contributed by atoms with E-state index in [2.05, 4.69) is 25.7 Å². The number of aromatic nitrogens is 4. The zero-order chi connectivity index (χ0) is 29.7. The van der Waals surface area contributed by atoms with Gasteiger partial charge < -0.3 is 21.3 Å². The topological polar surface area (TPSA) is 165 Å². The Hall–Kier alpha value is -4.91. The maximum Gasteiger partial charge on any atom is 0.269 e. The molecule has 4 rings (SSSR count). The SMILES string of the molecule is CC(C)N(CC(=O)NCc1cccc(Cl)c1F)C(=O)Cn1nc(C(N)=O)c2cc(C(=O)Nc3cncnc3)ccc21. The van der Waals surface area contributed by atoms with E-state index in [0.29, 0.717) is 11.2 Å². The summed E-state index contributed by atoms with van der Waals surface area (Å²) in [5.74, 6) is -2.92. The van der Waals surface area contributed by atoms with Crippen molar-refractivity contribution in [2.75, 3.05) is 11.9 Å². The average Bonchev–Trinajstić information content (AvgIpc) is 3.30.